The Bertz CT molecular complexity index is 431. The highest BCUT2D eigenvalue weighted by Gasteiger charge is 2.20. The van der Waals surface area contributed by atoms with Gasteiger partial charge in [-0.2, -0.15) is 0 Å². The average molecular weight is 288 g/mol. The number of nitrogens with one attached hydrogen (secondary N) is 1. The molecule has 1 atom stereocenters. The molecule has 0 fully saturated rings. The highest BCUT2D eigenvalue weighted by molar-refractivity contribution is 7.99. The second-order valence-electron chi connectivity index (χ2n) is 4.05. The predicted molar refractivity (Wildman–Crippen MR) is 78.2 cm³/mol. The van der Waals surface area contributed by atoms with Gasteiger partial charge in [0.1, 0.15) is 4.84 Å². The summed E-state index contributed by atoms with van der Waals surface area (Å²) in [5.41, 5.74) is 3.49. The number of rotatable bonds is 4. The van der Waals surface area contributed by atoms with E-state index in [0.29, 0.717) is 0 Å². The van der Waals surface area contributed by atoms with Gasteiger partial charge in [0.05, 0.1) is 6.04 Å². The van der Waals surface area contributed by atoms with Crippen molar-refractivity contribution >= 4 is 40.5 Å². The van der Waals surface area contributed by atoms with Crippen LogP contribution in [0.2, 0.25) is 0 Å². The normalized spacial score (nSPS) is 16.0. The monoisotopic (exact) mass is 287 g/mol. The van der Waals surface area contributed by atoms with Gasteiger partial charge in [-0.05, 0) is 36.2 Å². The molecule has 0 amide bonds. The molecule has 0 radical (unpaired) electrons. The molecule has 1 aromatic carbocycles. The van der Waals surface area contributed by atoms with Crippen LogP contribution < -0.4 is 5.32 Å². The first-order valence-electron chi connectivity index (χ1n) is 5.54. The van der Waals surface area contributed by atoms with Gasteiger partial charge in [-0.25, -0.2) is 0 Å². The standard InChI is InChI=1S/C13H15Cl2NS/c1-8(12(16-2)13(14)15)10-4-3-9-5-6-17-11(9)7-10/h3-4,7,12-13,16H,1,5-6H2,2H3. The summed E-state index contributed by atoms with van der Waals surface area (Å²) in [4.78, 5) is 0.868. The smallest absolute Gasteiger partial charge is 0.127 e. The summed E-state index contributed by atoms with van der Waals surface area (Å²) in [6, 6.07) is 6.37. The first-order valence-corrected chi connectivity index (χ1v) is 7.39. The number of alkyl halides is 2. The van der Waals surface area contributed by atoms with Crippen LogP contribution in [0.3, 0.4) is 0 Å². The van der Waals surface area contributed by atoms with Crippen LogP contribution in [-0.4, -0.2) is 23.7 Å². The maximum absolute atomic E-state index is 5.94. The van der Waals surface area contributed by atoms with E-state index in [0.717, 1.165) is 17.6 Å². The van der Waals surface area contributed by atoms with Crippen molar-refractivity contribution in [3.63, 3.8) is 0 Å². The largest absolute Gasteiger partial charge is 0.311 e. The SMILES string of the molecule is C=C(c1ccc2c(c1)SCC2)C(NC)C(Cl)Cl. The number of fused-ring (bicyclic) bond motifs is 1. The lowest BCUT2D eigenvalue weighted by Gasteiger charge is -2.20. The molecule has 0 saturated heterocycles. The van der Waals surface area contributed by atoms with E-state index in [1.165, 1.54) is 16.2 Å². The molecular weight excluding hydrogens is 273 g/mol. The highest BCUT2D eigenvalue weighted by Crippen LogP contribution is 2.34. The lowest BCUT2D eigenvalue weighted by atomic mass is 9.99. The van der Waals surface area contributed by atoms with Gasteiger partial charge in [0.15, 0.2) is 0 Å². The maximum Gasteiger partial charge on any atom is 0.127 e. The zero-order valence-electron chi connectivity index (χ0n) is 9.67. The lowest BCUT2D eigenvalue weighted by Crippen LogP contribution is -2.32. The lowest BCUT2D eigenvalue weighted by molar-refractivity contribution is 0.726. The topological polar surface area (TPSA) is 12.0 Å². The van der Waals surface area contributed by atoms with E-state index < -0.39 is 4.84 Å². The van der Waals surface area contributed by atoms with Gasteiger partial charge in [-0.15, -0.1) is 35.0 Å². The van der Waals surface area contributed by atoms with E-state index in [2.05, 4.69) is 30.1 Å². The number of aryl methyl sites for hydroxylation is 1. The molecule has 17 heavy (non-hydrogen) atoms. The molecule has 0 saturated carbocycles. The highest BCUT2D eigenvalue weighted by atomic mass is 35.5. The van der Waals surface area contributed by atoms with Gasteiger partial charge in [0.2, 0.25) is 0 Å². The first kappa shape index (κ1) is 13.3. The van der Waals surface area contributed by atoms with Crippen LogP contribution in [0.5, 0.6) is 0 Å². The quantitative estimate of drug-likeness (QED) is 0.847. The molecule has 1 N–H and O–H groups in total. The maximum atomic E-state index is 5.94. The van der Waals surface area contributed by atoms with Crippen molar-refractivity contribution in [3.05, 3.63) is 35.9 Å². The second-order valence-corrected chi connectivity index (χ2v) is 6.35. The Morgan fingerprint density at radius 3 is 2.88 bits per heavy atom. The average Bonchev–Trinajstić information content (AvgIpc) is 2.75. The zero-order valence-corrected chi connectivity index (χ0v) is 12.0. The summed E-state index contributed by atoms with van der Waals surface area (Å²) in [5, 5.41) is 3.10. The minimum atomic E-state index is -0.492. The van der Waals surface area contributed by atoms with Gasteiger partial charge in [-0.1, -0.05) is 18.7 Å². The summed E-state index contributed by atoms with van der Waals surface area (Å²) >= 11 is 13.8. The summed E-state index contributed by atoms with van der Waals surface area (Å²) < 4.78 is 0. The molecule has 0 spiro atoms. The van der Waals surface area contributed by atoms with E-state index >= 15 is 0 Å². The number of hydrogen-bond acceptors (Lipinski definition) is 2. The molecule has 0 bridgehead atoms. The molecular formula is C13H15Cl2NS. The molecule has 92 valence electrons. The summed E-state index contributed by atoms with van der Waals surface area (Å²) in [5.74, 6) is 1.17. The third kappa shape index (κ3) is 2.82. The third-order valence-electron chi connectivity index (χ3n) is 3.01. The van der Waals surface area contributed by atoms with Crippen molar-refractivity contribution in [2.75, 3.05) is 12.8 Å². The minimum absolute atomic E-state index is 0.109. The van der Waals surface area contributed by atoms with Crippen molar-refractivity contribution < 1.29 is 0 Å². The molecule has 1 nitrogen and oxygen atoms in total. The Balaban J connectivity index is 2.25. The number of hydrogen-bond donors (Lipinski definition) is 1. The first-order chi connectivity index (χ1) is 8.13. The number of thioether (sulfide) groups is 1. The van der Waals surface area contributed by atoms with E-state index in [9.17, 15) is 0 Å². The van der Waals surface area contributed by atoms with E-state index in [1.54, 1.807) is 0 Å². The fourth-order valence-electron chi connectivity index (χ4n) is 2.00. The van der Waals surface area contributed by atoms with Crippen LogP contribution in [0.25, 0.3) is 5.57 Å². The fraction of sp³-hybridized carbons (Fsp3) is 0.385. The van der Waals surface area contributed by atoms with Gasteiger partial charge in [0.25, 0.3) is 0 Å². The van der Waals surface area contributed by atoms with Crippen LogP contribution in [0.4, 0.5) is 0 Å². The van der Waals surface area contributed by atoms with Gasteiger partial charge >= 0.3 is 0 Å². The van der Waals surface area contributed by atoms with E-state index in [-0.39, 0.29) is 6.04 Å². The van der Waals surface area contributed by atoms with Crippen molar-refractivity contribution in [1.29, 1.82) is 0 Å². The van der Waals surface area contributed by atoms with E-state index in [1.807, 2.05) is 18.8 Å². The van der Waals surface area contributed by atoms with Crippen LogP contribution in [0.15, 0.2) is 29.7 Å². The molecule has 0 aliphatic carbocycles. The molecule has 1 aliphatic heterocycles. The predicted octanol–water partition coefficient (Wildman–Crippen LogP) is 3.74. The summed E-state index contributed by atoms with van der Waals surface area (Å²) in [6.45, 7) is 4.10. The summed E-state index contributed by atoms with van der Waals surface area (Å²) in [7, 11) is 1.84. The van der Waals surface area contributed by atoms with Crippen molar-refractivity contribution in [1.82, 2.24) is 5.32 Å². The van der Waals surface area contributed by atoms with Gasteiger partial charge in [-0.3, -0.25) is 0 Å². The van der Waals surface area contributed by atoms with E-state index in [4.69, 9.17) is 23.2 Å². The number of halogens is 2. The van der Waals surface area contributed by atoms with Crippen LogP contribution in [0.1, 0.15) is 11.1 Å². The Morgan fingerprint density at radius 2 is 2.24 bits per heavy atom. The molecule has 0 aromatic heterocycles. The Hall–Kier alpha value is -0.150. The molecule has 1 unspecified atom stereocenters. The number of benzene rings is 1. The second kappa shape index (κ2) is 5.66. The van der Waals surface area contributed by atoms with Crippen molar-refractivity contribution in [2.24, 2.45) is 0 Å². The Morgan fingerprint density at radius 1 is 1.47 bits per heavy atom. The van der Waals surface area contributed by atoms with Crippen molar-refractivity contribution in [3.8, 4) is 0 Å². The van der Waals surface area contributed by atoms with Crippen LogP contribution in [-0.2, 0) is 6.42 Å². The molecule has 1 heterocycles. The van der Waals surface area contributed by atoms with Crippen LogP contribution >= 0.6 is 35.0 Å². The molecule has 1 aliphatic rings. The fourth-order valence-corrected chi connectivity index (χ4v) is 3.66. The zero-order chi connectivity index (χ0) is 12.4. The Labute approximate surface area is 117 Å². The number of likely N-dealkylation sites (N-methyl/N-ethyl adjacent to an activating group) is 1. The van der Waals surface area contributed by atoms with Gasteiger partial charge < -0.3 is 5.32 Å². The summed E-state index contributed by atoms with van der Waals surface area (Å²) in [6.07, 6.45) is 1.16. The molecule has 4 heteroatoms. The molecule has 1 aromatic rings. The minimum Gasteiger partial charge on any atom is -0.311 e. The Kier molecular flexibility index (Phi) is 4.42. The van der Waals surface area contributed by atoms with Crippen LogP contribution in [0, 0.1) is 0 Å². The van der Waals surface area contributed by atoms with Gasteiger partial charge in [0, 0.05) is 10.6 Å². The molecule has 2 rings (SSSR count). The van der Waals surface area contributed by atoms with Crippen molar-refractivity contribution in [2.45, 2.75) is 22.2 Å². The third-order valence-corrected chi connectivity index (χ3v) is 4.61.